The summed E-state index contributed by atoms with van der Waals surface area (Å²) in [6.07, 6.45) is 5.43. The average molecular weight is 170 g/mol. The minimum Gasteiger partial charge on any atom is -0.469 e. The van der Waals surface area contributed by atoms with E-state index < -0.39 is 0 Å². The SMILES string of the molecule is COC(=O)C1CC=CCC1CO. The van der Waals surface area contributed by atoms with E-state index in [-0.39, 0.29) is 24.4 Å². The van der Waals surface area contributed by atoms with Crippen molar-refractivity contribution in [3.63, 3.8) is 0 Å². The van der Waals surface area contributed by atoms with Crippen molar-refractivity contribution >= 4 is 5.97 Å². The van der Waals surface area contributed by atoms with Crippen LogP contribution in [0, 0.1) is 11.8 Å². The van der Waals surface area contributed by atoms with Gasteiger partial charge < -0.3 is 9.84 Å². The summed E-state index contributed by atoms with van der Waals surface area (Å²) >= 11 is 0. The maximum Gasteiger partial charge on any atom is 0.309 e. The average Bonchev–Trinajstić information content (AvgIpc) is 2.16. The largest absolute Gasteiger partial charge is 0.469 e. The van der Waals surface area contributed by atoms with Crippen LogP contribution in [0.5, 0.6) is 0 Å². The van der Waals surface area contributed by atoms with Crippen LogP contribution in [-0.2, 0) is 9.53 Å². The van der Waals surface area contributed by atoms with Crippen LogP contribution in [-0.4, -0.2) is 24.8 Å². The molecule has 1 aliphatic rings. The number of allylic oxidation sites excluding steroid dienone is 2. The highest BCUT2D eigenvalue weighted by atomic mass is 16.5. The first-order valence-electron chi connectivity index (χ1n) is 4.13. The van der Waals surface area contributed by atoms with E-state index in [0.29, 0.717) is 6.42 Å². The topological polar surface area (TPSA) is 46.5 Å². The van der Waals surface area contributed by atoms with E-state index >= 15 is 0 Å². The highest BCUT2D eigenvalue weighted by molar-refractivity contribution is 5.73. The van der Waals surface area contributed by atoms with Gasteiger partial charge in [0.2, 0.25) is 0 Å². The minimum atomic E-state index is -0.210. The highest BCUT2D eigenvalue weighted by Gasteiger charge is 2.28. The molecule has 1 aliphatic carbocycles. The summed E-state index contributed by atoms with van der Waals surface area (Å²) in [6, 6.07) is 0. The molecule has 0 bridgehead atoms. The molecule has 0 aromatic carbocycles. The quantitative estimate of drug-likeness (QED) is 0.491. The van der Waals surface area contributed by atoms with E-state index in [2.05, 4.69) is 4.74 Å². The molecular weight excluding hydrogens is 156 g/mol. The molecule has 0 saturated carbocycles. The molecule has 68 valence electrons. The van der Waals surface area contributed by atoms with E-state index in [4.69, 9.17) is 5.11 Å². The van der Waals surface area contributed by atoms with Gasteiger partial charge in [0.05, 0.1) is 13.0 Å². The lowest BCUT2D eigenvalue weighted by atomic mass is 9.84. The number of aliphatic hydroxyl groups excluding tert-OH is 1. The summed E-state index contributed by atoms with van der Waals surface area (Å²) in [7, 11) is 1.38. The Hall–Kier alpha value is -0.830. The van der Waals surface area contributed by atoms with Crippen molar-refractivity contribution in [1.29, 1.82) is 0 Å². The van der Waals surface area contributed by atoms with Gasteiger partial charge in [0, 0.05) is 6.61 Å². The second kappa shape index (κ2) is 4.26. The zero-order chi connectivity index (χ0) is 8.97. The summed E-state index contributed by atoms with van der Waals surface area (Å²) in [6.45, 7) is 0.0596. The van der Waals surface area contributed by atoms with E-state index in [1.165, 1.54) is 7.11 Å². The first-order valence-corrected chi connectivity index (χ1v) is 4.13. The fraction of sp³-hybridized carbons (Fsp3) is 0.667. The first kappa shape index (κ1) is 9.26. The third kappa shape index (κ3) is 1.85. The Bertz CT molecular complexity index is 186. The van der Waals surface area contributed by atoms with Gasteiger partial charge in [-0.25, -0.2) is 0 Å². The minimum absolute atomic E-state index is 0.0439. The molecule has 0 fully saturated rings. The van der Waals surface area contributed by atoms with E-state index in [0.717, 1.165) is 6.42 Å². The van der Waals surface area contributed by atoms with Crippen LogP contribution in [0.15, 0.2) is 12.2 Å². The fourth-order valence-electron chi connectivity index (χ4n) is 1.51. The molecular formula is C9H14O3. The highest BCUT2D eigenvalue weighted by Crippen LogP contribution is 2.25. The van der Waals surface area contributed by atoms with Crippen LogP contribution < -0.4 is 0 Å². The van der Waals surface area contributed by atoms with Crippen molar-refractivity contribution < 1.29 is 14.6 Å². The van der Waals surface area contributed by atoms with E-state index in [9.17, 15) is 4.79 Å². The summed E-state index contributed by atoms with van der Waals surface area (Å²) in [5.74, 6) is -0.314. The maximum atomic E-state index is 11.2. The number of carbonyl (C=O) groups is 1. The van der Waals surface area contributed by atoms with Crippen LogP contribution >= 0.6 is 0 Å². The zero-order valence-corrected chi connectivity index (χ0v) is 7.19. The number of carbonyl (C=O) groups excluding carboxylic acids is 1. The summed E-state index contributed by atoms with van der Waals surface area (Å²) < 4.78 is 4.64. The van der Waals surface area contributed by atoms with Crippen LogP contribution in [0.3, 0.4) is 0 Å². The van der Waals surface area contributed by atoms with Crippen molar-refractivity contribution in [3.05, 3.63) is 12.2 Å². The second-order valence-electron chi connectivity index (χ2n) is 3.02. The lowest BCUT2D eigenvalue weighted by molar-refractivity contribution is -0.148. The van der Waals surface area contributed by atoms with E-state index in [1.807, 2.05) is 12.2 Å². The van der Waals surface area contributed by atoms with Gasteiger partial charge in [0.1, 0.15) is 0 Å². The predicted molar refractivity (Wildman–Crippen MR) is 44.5 cm³/mol. The van der Waals surface area contributed by atoms with Crippen molar-refractivity contribution in [2.75, 3.05) is 13.7 Å². The van der Waals surface area contributed by atoms with Gasteiger partial charge in [-0.15, -0.1) is 0 Å². The molecule has 0 heterocycles. The molecule has 0 aromatic heterocycles. The van der Waals surface area contributed by atoms with Gasteiger partial charge in [-0.1, -0.05) is 12.2 Å². The standard InChI is InChI=1S/C9H14O3/c1-12-9(11)8-5-3-2-4-7(8)6-10/h2-3,7-8,10H,4-6H2,1H3. The number of ether oxygens (including phenoxy) is 1. The first-order chi connectivity index (χ1) is 5.79. The summed E-state index contributed by atoms with van der Waals surface area (Å²) in [5.41, 5.74) is 0. The molecule has 3 heteroatoms. The van der Waals surface area contributed by atoms with Crippen LogP contribution in [0.25, 0.3) is 0 Å². The lowest BCUT2D eigenvalue weighted by Crippen LogP contribution is -2.28. The molecule has 0 aromatic rings. The van der Waals surface area contributed by atoms with Gasteiger partial charge in [-0.2, -0.15) is 0 Å². The van der Waals surface area contributed by atoms with Crippen molar-refractivity contribution in [2.24, 2.45) is 11.8 Å². The monoisotopic (exact) mass is 170 g/mol. The third-order valence-electron chi connectivity index (χ3n) is 2.30. The third-order valence-corrected chi connectivity index (χ3v) is 2.30. The Morgan fingerprint density at radius 3 is 2.83 bits per heavy atom. The Labute approximate surface area is 72.0 Å². The van der Waals surface area contributed by atoms with Crippen molar-refractivity contribution in [2.45, 2.75) is 12.8 Å². The number of esters is 1. The number of hydrogen-bond donors (Lipinski definition) is 1. The van der Waals surface area contributed by atoms with Crippen molar-refractivity contribution in [3.8, 4) is 0 Å². The number of rotatable bonds is 2. The van der Waals surface area contributed by atoms with Gasteiger partial charge in [0.25, 0.3) is 0 Å². The van der Waals surface area contributed by atoms with Gasteiger partial charge in [-0.3, -0.25) is 4.79 Å². The maximum absolute atomic E-state index is 11.2. The Balaban J connectivity index is 2.60. The molecule has 1 N–H and O–H groups in total. The summed E-state index contributed by atoms with van der Waals surface area (Å²) in [4.78, 5) is 11.2. The molecule has 1 rings (SSSR count). The molecule has 12 heavy (non-hydrogen) atoms. The molecule has 0 amide bonds. The lowest BCUT2D eigenvalue weighted by Gasteiger charge is -2.24. The molecule has 3 nitrogen and oxygen atoms in total. The van der Waals surface area contributed by atoms with Gasteiger partial charge >= 0.3 is 5.97 Å². The number of aliphatic hydroxyl groups is 1. The number of hydrogen-bond acceptors (Lipinski definition) is 3. The Morgan fingerprint density at radius 1 is 1.58 bits per heavy atom. The van der Waals surface area contributed by atoms with Gasteiger partial charge in [0.15, 0.2) is 0 Å². The summed E-state index contributed by atoms with van der Waals surface area (Å²) in [5, 5.41) is 8.96. The fourth-order valence-corrected chi connectivity index (χ4v) is 1.51. The van der Waals surface area contributed by atoms with Crippen LogP contribution in [0.2, 0.25) is 0 Å². The molecule has 2 unspecified atom stereocenters. The Kier molecular flexibility index (Phi) is 3.29. The molecule has 0 aliphatic heterocycles. The number of methoxy groups -OCH3 is 1. The Morgan fingerprint density at radius 2 is 2.25 bits per heavy atom. The normalized spacial score (nSPS) is 28.5. The second-order valence-corrected chi connectivity index (χ2v) is 3.02. The van der Waals surface area contributed by atoms with Crippen molar-refractivity contribution in [1.82, 2.24) is 0 Å². The molecule has 2 atom stereocenters. The van der Waals surface area contributed by atoms with Gasteiger partial charge in [-0.05, 0) is 18.8 Å². The van der Waals surface area contributed by atoms with Crippen LogP contribution in [0.1, 0.15) is 12.8 Å². The molecule has 0 radical (unpaired) electrons. The zero-order valence-electron chi connectivity index (χ0n) is 7.19. The molecule has 0 spiro atoms. The molecule has 0 saturated heterocycles. The van der Waals surface area contributed by atoms with Crippen LogP contribution in [0.4, 0.5) is 0 Å². The predicted octanol–water partition coefficient (Wildman–Crippen LogP) is 0.734. The smallest absolute Gasteiger partial charge is 0.309 e. The van der Waals surface area contributed by atoms with E-state index in [1.54, 1.807) is 0 Å².